The quantitative estimate of drug-likeness (QED) is 0.402. The van der Waals surface area contributed by atoms with Gasteiger partial charge in [0.1, 0.15) is 0 Å². The molecular weight excluding hydrogens is 398 g/mol. The van der Waals surface area contributed by atoms with Gasteiger partial charge in [0.25, 0.3) is 0 Å². The summed E-state index contributed by atoms with van der Waals surface area (Å²) in [6.45, 7) is 5.07. The molecule has 0 aromatic carbocycles. The van der Waals surface area contributed by atoms with Crippen molar-refractivity contribution in [1.29, 1.82) is 0 Å². The molecule has 3 fully saturated rings. The number of rotatable bonds is 10. The summed E-state index contributed by atoms with van der Waals surface area (Å²) < 4.78 is 0. The van der Waals surface area contributed by atoms with Crippen LogP contribution in [-0.4, -0.2) is 49.4 Å². The maximum atomic E-state index is 13.3. The number of carbonyl (C=O) groups is 2. The lowest BCUT2D eigenvalue weighted by Crippen LogP contribution is -2.44. The van der Waals surface area contributed by atoms with Crippen LogP contribution in [0.1, 0.15) is 70.6 Å². The van der Waals surface area contributed by atoms with Crippen molar-refractivity contribution in [2.75, 3.05) is 32.7 Å². The first-order valence-electron chi connectivity index (χ1n) is 13.3. The van der Waals surface area contributed by atoms with Crippen LogP contribution in [0.15, 0.2) is 23.8 Å². The van der Waals surface area contributed by atoms with Crippen molar-refractivity contribution in [1.82, 2.24) is 15.5 Å². The fraction of sp³-hybridized carbons (Fsp3) is 0.778. The third-order valence-electron chi connectivity index (χ3n) is 8.98. The maximum absolute atomic E-state index is 13.3. The van der Waals surface area contributed by atoms with Crippen molar-refractivity contribution < 1.29 is 9.59 Å². The molecule has 2 N–H and O–H groups in total. The minimum Gasteiger partial charge on any atom is -0.356 e. The molecule has 1 spiro atoms. The first-order chi connectivity index (χ1) is 15.7. The maximum Gasteiger partial charge on any atom is 0.224 e. The van der Waals surface area contributed by atoms with E-state index in [9.17, 15) is 9.59 Å². The number of unbranched alkanes of at least 4 members (excludes halogenated alkanes) is 1. The van der Waals surface area contributed by atoms with Gasteiger partial charge in [0, 0.05) is 13.1 Å². The molecule has 0 radical (unpaired) electrons. The Morgan fingerprint density at radius 3 is 2.22 bits per heavy atom. The van der Waals surface area contributed by atoms with E-state index in [1.807, 2.05) is 0 Å². The van der Waals surface area contributed by atoms with Crippen LogP contribution in [0.25, 0.3) is 0 Å². The molecule has 2 amide bonds. The van der Waals surface area contributed by atoms with Crippen LogP contribution in [0.3, 0.4) is 0 Å². The Bertz CT molecular complexity index is 763. The molecule has 2 saturated carbocycles. The van der Waals surface area contributed by atoms with Crippen LogP contribution in [-0.2, 0) is 9.59 Å². The summed E-state index contributed by atoms with van der Waals surface area (Å²) >= 11 is 0. The van der Waals surface area contributed by atoms with Crippen LogP contribution in [0, 0.1) is 29.1 Å². The van der Waals surface area contributed by atoms with E-state index >= 15 is 0 Å². The average molecular weight is 440 g/mol. The molecule has 4 atom stereocenters. The van der Waals surface area contributed by atoms with Gasteiger partial charge in [-0.1, -0.05) is 23.8 Å². The molecule has 5 aliphatic rings. The Morgan fingerprint density at radius 1 is 0.906 bits per heavy atom. The Hall–Kier alpha value is -1.62. The van der Waals surface area contributed by atoms with Crippen LogP contribution in [0.2, 0.25) is 0 Å². The van der Waals surface area contributed by atoms with Gasteiger partial charge in [-0.05, 0) is 108 Å². The number of allylic oxidation sites excluding steroid dienone is 3. The van der Waals surface area contributed by atoms with Gasteiger partial charge in [0.2, 0.25) is 11.8 Å². The summed E-state index contributed by atoms with van der Waals surface area (Å²) in [5, 5.41) is 6.43. The predicted molar refractivity (Wildman–Crippen MR) is 127 cm³/mol. The van der Waals surface area contributed by atoms with Crippen LogP contribution >= 0.6 is 0 Å². The van der Waals surface area contributed by atoms with Gasteiger partial charge < -0.3 is 15.5 Å². The number of amides is 2. The Labute approximate surface area is 193 Å². The lowest BCUT2D eigenvalue weighted by atomic mass is 9.81. The summed E-state index contributed by atoms with van der Waals surface area (Å²) in [7, 11) is 0. The number of hydrogen-bond donors (Lipinski definition) is 2. The molecule has 2 bridgehead atoms. The lowest BCUT2D eigenvalue weighted by Gasteiger charge is -2.26. The molecule has 5 nitrogen and oxygen atoms in total. The molecule has 176 valence electrons. The number of likely N-dealkylation sites (tertiary alicyclic amines) is 1. The van der Waals surface area contributed by atoms with Crippen LogP contribution in [0.5, 0.6) is 0 Å². The molecule has 32 heavy (non-hydrogen) atoms. The van der Waals surface area contributed by atoms with Gasteiger partial charge in [0.05, 0.1) is 11.8 Å². The highest BCUT2D eigenvalue weighted by atomic mass is 16.2. The smallest absolute Gasteiger partial charge is 0.224 e. The standard InChI is InChI=1S/C27H41N3O2/c31-25(28-15-4-5-17-30-18-6-7-19-30)23-21-10-11-22(27(21)13-14-27)24(23)26(32)29-16-12-20-8-2-1-3-9-20/h8,10-11,21-24H,1-7,9,12-19H2,(H,28,31)(H,29,32)/t21-,22+,23-,24-/m1/s1. The largest absolute Gasteiger partial charge is 0.356 e. The molecule has 1 aliphatic heterocycles. The Morgan fingerprint density at radius 2 is 1.59 bits per heavy atom. The molecule has 4 aliphatic carbocycles. The minimum absolute atomic E-state index is 0.110. The van der Waals surface area contributed by atoms with E-state index < -0.39 is 0 Å². The monoisotopic (exact) mass is 439 g/mol. The third kappa shape index (κ3) is 4.42. The van der Waals surface area contributed by atoms with Gasteiger partial charge in [-0.2, -0.15) is 0 Å². The first kappa shape index (κ1) is 22.2. The normalized spacial score (nSPS) is 32.3. The number of carbonyl (C=O) groups excluding carboxylic acids is 2. The molecule has 1 heterocycles. The summed E-state index contributed by atoms with van der Waals surface area (Å²) in [5.74, 6) is 0.377. The van der Waals surface area contributed by atoms with Crippen molar-refractivity contribution in [3.63, 3.8) is 0 Å². The molecular formula is C27H41N3O2. The third-order valence-corrected chi connectivity index (χ3v) is 8.98. The van der Waals surface area contributed by atoms with Gasteiger partial charge in [0.15, 0.2) is 0 Å². The Balaban J connectivity index is 1.13. The fourth-order valence-corrected chi connectivity index (χ4v) is 7.10. The molecule has 0 aromatic rings. The molecule has 0 aromatic heterocycles. The van der Waals surface area contributed by atoms with Crippen molar-refractivity contribution in [3.8, 4) is 0 Å². The number of hydrogen-bond acceptors (Lipinski definition) is 3. The first-order valence-corrected chi connectivity index (χ1v) is 13.3. The zero-order valence-corrected chi connectivity index (χ0v) is 19.6. The fourth-order valence-electron chi connectivity index (χ4n) is 7.10. The van der Waals surface area contributed by atoms with E-state index in [2.05, 4.69) is 33.8 Å². The molecule has 5 heteroatoms. The zero-order chi connectivity index (χ0) is 22.0. The zero-order valence-electron chi connectivity index (χ0n) is 19.6. The predicted octanol–water partition coefficient (Wildman–Crippen LogP) is 3.81. The summed E-state index contributed by atoms with van der Waals surface area (Å²) in [5.41, 5.74) is 1.71. The van der Waals surface area contributed by atoms with E-state index in [1.165, 1.54) is 70.0 Å². The van der Waals surface area contributed by atoms with Crippen LogP contribution < -0.4 is 10.6 Å². The van der Waals surface area contributed by atoms with Gasteiger partial charge in [-0.25, -0.2) is 0 Å². The second kappa shape index (κ2) is 9.70. The van der Waals surface area contributed by atoms with Crippen molar-refractivity contribution in [3.05, 3.63) is 23.8 Å². The molecule has 0 unspecified atom stereocenters. The molecule has 5 rings (SSSR count). The van der Waals surface area contributed by atoms with E-state index in [1.54, 1.807) is 0 Å². The molecule has 1 saturated heterocycles. The van der Waals surface area contributed by atoms with E-state index in [4.69, 9.17) is 0 Å². The van der Waals surface area contributed by atoms with Gasteiger partial charge >= 0.3 is 0 Å². The highest BCUT2D eigenvalue weighted by Gasteiger charge is 2.69. The second-order valence-corrected chi connectivity index (χ2v) is 10.9. The van der Waals surface area contributed by atoms with Crippen molar-refractivity contribution in [2.24, 2.45) is 29.1 Å². The van der Waals surface area contributed by atoms with E-state index in [-0.39, 0.29) is 40.9 Å². The van der Waals surface area contributed by atoms with E-state index in [0.717, 1.165) is 32.4 Å². The highest BCUT2D eigenvalue weighted by Crippen LogP contribution is 2.72. The van der Waals surface area contributed by atoms with Crippen molar-refractivity contribution in [2.45, 2.75) is 70.6 Å². The number of nitrogens with one attached hydrogen (secondary N) is 2. The summed E-state index contributed by atoms with van der Waals surface area (Å²) in [6.07, 6.45) is 19.9. The summed E-state index contributed by atoms with van der Waals surface area (Å²) in [6, 6.07) is 0. The van der Waals surface area contributed by atoms with Gasteiger partial charge in [-0.3, -0.25) is 9.59 Å². The topological polar surface area (TPSA) is 61.4 Å². The lowest BCUT2D eigenvalue weighted by molar-refractivity contribution is -0.135. The van der Waals surface area contributed by atoms with Crippen molar-refractivity contribution >= 4 is 11.8 Å². The summed E-state index contributed by atoms with van der Waals surface area (Å²) in [4.78, 5) is 29.1. The van der Waals surface area contributed by atoms with Gasteiger partial charge in [-0.15, -0.1) is 0 Å². The SMILES string of the molecule is O=C(NCCCCN1CCCC1)[C@H]1[C@H](C(=O)NCCC2=CCCCC2)[C@@H]2C=C[C@H]1C21CC1. The Kier molecular flexibility index (Phi) is 6.73. The number of nitrogens with zero attached hydrogens (tertiary/aromatic N) is 1. The minimum atomic E-state index is -0.183. The highest BCUT2D eigenvalue weighted by molar-refractivity contribution is 5.90. The second-order valence-electron chi connectivity index (χ2n) is 10.9. The van der Waals surface area contributed by atoms with Crippen LogP contribution in [0.4, 0.5) is 0 Å². The average Bonchev–Trinajstić information content (AvgIpc) is 3.17. The van der Waals surface area contributed by atoms with E-state index in [0.29, 0.717) is 6.54 Å².